The molecule has 0 amide bonds. The van der Waals surface area contributed by atoms with Crippen LogP contribution in [-0.2, 0) is 0 Å². The van der Waals surface area contributed by atoms with E-state index in [4.69, 9.17) is 0 Å². The second kappa shape index (κ2) is 7.75. The minimum atomic E-state index is 0.190. The van der Waals surface area contributed by atoms with Crippen molar-refractivity contribution >= 4 is 0 Å². The predicted octanol–water partition coefficient (Wildman–Crippen LogP) is 4.90. The van der Waals surface area contributed by atoms with Crippen molar-refractivity contribution in [2.75, 3.05) is 0 Å². The van der Waals surface area contributed by atoms with Crippen molar-refractivity contribution < 1.29 is 0 Å². The van der Waals surface area contributed by atoms with E-state index in [9.17, 15) is 0 Å². The van der Waals surface area contributed by atoms with E-state index in [0.717, 1.165) is 29.9 Å². The zero-order valence-electron chi connectivity index (χ0n) is 15.1. The van der Waals surface area contributed by atoms with Crippen LogP contribution in [0.15, 0.2) is 73.2 Å². The third-order valence-electron chi connectivity index (χ3n) is 5.30. The van der Waals surface area contributed by atoms with Gasteiger partial charge in [0.1, 0.15) is 0 Å². The highest BCUT2D eigenvalue weighted by atomic mass is 15.2. The Hall–Kier alpha value is -2.59. The Labute approximate surface area is 155 Å². The average Bonchev–Trinajstić information content (AvgIpc) is 2.74. The van der Waals surface area contributed by atoms with Gasteiger partial charge in [-0.3, -0.25) is 19.9 Å². The van der Waals surface area contributed by atoms with Gasteiger partial charge in [0.15, 0.2) is 0 Å². The molecule has 0 N–H and O–H groups in total. The van der Waals surface area contributed by atoms with E-state index in [0.29, 0.717) is 0 Å². The van der Waals surface area contributed by atoms with Crippen molar-refractivity contribution in [1.29, 1.82) is 0 Å². The number of piperidine rings is 1. The van der Waals surface area contributed by atoms with Gasteiger partial charge in [-0.05, 0) is 62.6 Å². The summed E-state index contributed by atoms with van der Waals surface area (Å²) >= 11 is 0. The Kier molecular flexibility index (Phi) is 5.02. The highest BCUT2D eigenvalue weighted by Gasteiger charge is 2.37. The number of rotatable bonds is 4. The van der Waals surface area contributed by atoms with Gasteiger partial charge in [0, 0.05) is 18.6 Å². The maximum atomic E-state index is 4.67. The van der Waals surface area contributed by atoms with Crippen LogP contribution in [-0.4, -0.2) is 19.9 Å². The quantitative estimate of drug-likeness (QED) is 0.675. The van der Waals surface area contributed by atoms with Gasteiger partial charge in [0.25, 0.3) is 0 Å². The van der Waals surface area contributed by atoms with Gasteiger partial charge in [-0.25, -0.2) is 0 Å². The molecule has 0 spiro atoms. The molecule has 3 aromatic heterocycles. The van der Waals surface area contributed by atoms with Crippen LogP contribution < -0.4 is 0 Å². The number of aromatic nitrogens is 3. The van der Waals surface area contributed by atoms with E-state index < -0.39 is 0 Å². The van der Waals surface area contributed by atoms with Crippen LogP contribution in [0.25, 0.3) is 0 Å². The lowest BCUT2D eigenvalue weighted by Gasteiger charge is -2.45. The monoisotopic (exact) mass is 344 g/mol. The molecule has 4 rings (SSSR count). The van der Waals surface area contributed by atoms with E-state index >= 15 is 0 Å². The molecule has 26 heavy (non-hydrogen) atoms. The second-order valence-corrected chi connectivity index (χ2v) is 6.85. The highest BCUT2D eigenvalue weighted by molar-refractivity contribution is 5.19. The molecule has 4 heterocycles. The lowest BCUT2D eigenvalue weighted by atomic mass is 9.89. The number of hydrogen-bond donors (Lipinski definition) is 0. The molecule has 132 valence electrons. The van der Waals surface area contributed by atoms with Crippen molar-refractivity contribution in [3.63, 3.8) is 0 Å². The number of nitrogens with zero attached hydrogens (tertiary/aromatic N) is 4. The predicted molar refractivity (Wildman–Crippen MR) is 102 cm³/mol. The van der Waals surface area contributed by atoms with Crippen molar-refractivity contribution in [3.8, 4) is 0 Å². The molecular weight excluding hydrogens is 320 g/mol. The Balaban J connectivity index is 1.76. The first-order valence-corrected chi connectivity index (χ1v) is 9.35. The van der Waals surface area contributed by atoms with E-state index in [1.165, 1.54) is 6.42 Å². The van der Waals surface area contributed by atoms with Crippen LogP contribution in [0.4, 0.5) is 0 Å². The average molecular weight is 344 g/mol. The number of pyridine rings is 3. The molecule has 0 radical (unpaired) electrons. The lowest BCUT2D eigenvalue weighted by Crippen LogP contribution is -2.39. The van der Waals surface area contributed by atoms with Crippen LogP contribution in [0.2, 0.25) is 0 Å². The lowest BCUT2D eigenvalue weighted by molar-refractivity contribution is 0.0358. The summed E-state index contributed by atoms with van der Waals surface area (Å²) in [7, 11) is 0. The maximum Gasteiger partial charge on any atom is 0.0575 e. The highest BCUT2D eigenvalue weighted by Crippen LogP contribution is 2.45. The molecule has 4 heteroatoms. The van der Waals surface area contributed by atoms with Crippen LogP contribution in [0.3, 0.4) is 0 Å². The molecule has 0 saturated carbocycles. The van der Waals surface area contributed by atoms with Gasteiger partial charge in [0.05, 0.1) is 35.2 Å². The molecular formula is C22H24N4. The maximum absolute atomic E-state index is 4.67. The van der Waals surface area contributed by atoms with Crippen LogP contribution in [0, 0.1) is 0 Å². The summed E-state index contributed by atoms with van der Waals surface area (Å²) in [5.41, 5.74) is 3.36. The van der Waals surface area contributed by atoms with E-state index in [2.05, 4.69) is 63.2 Å². The molecule has 4 nitrogen and oxygen atoms in total. The third kappa shape index (κ3) is 3.37. The first-order chi connectivity index (χ1) is 12.8. The largest absolute Gasteiger partial charge is 0.278 e. The third-order valence-corrected chi connectivity index (χ3v) is 5.30. The minimum Gasteiger partial charge on any atom is -0.278 e. The Morgan fingerprint density at radius 2 is 1.31 bits per heavy atom. The summed E-state index contributed by atoms with van der Waals surface area (Å²) in [4.78, 5) is 16.5. The van der Waals surface area contributed by atoms with E-state index in [-0.39, 0.29) is 18.1 Å². The first-order valence-electron chi connectivity index (χ1n) is 9.35. The molecule has 0 aliphatic carbocycles. The fourth-order valence-corrected chi connectivity index (χ4v) is 4.08. The molecule has 0 aromatic carbocycles. The normalized spacial score (nSPS) is 22.0. The molecule has 3 atom stereocenters. The van der Waals surface area contributed by atoms with Gasteiger partial charge in [-0.2, -0.15) is 0 Å². The molecule has 0 bridgehead atoms. The molecule has 1 aliphatic heterocycles. The van der Waals surface area contributed by atoms with Gasteiger partial charge >= 0.3 is 0 Å². The van der Waals surface area contributed by atoms with Crippen molar-refractivity contribution in [1.82, 2.24) is 19.9 Å². The van der Waals surface area contributed by atoms with Gasteiger partial charge < -0.3 is 0 Å². The van der Waals surface area contributed by atoms with Crippen LogP contribution >= 0.6 is 0 Å². The Morgan fingerprint density at radius 3 is 1.77 bits per heavy atom. The number of likely N-dealkylation sites (tertiary alicyclic amines) is 1. The van der Waals surface area contributed by atoms with Gasteiger partial charge in [-0.15, -0.1) is 0 Å². The first kappa shape index (κ1) is 16.9. The smallest absolute Gasteiger partial charge is 0.0575 e. The standard InChI is InChI=1S/C22H24N4/c1-17(18-9-2-5-14-23-18)26-21(19-10-3-6-15-24-19)12-8-13-22(26)20-11-4-7-16-25-20/h2-7,9-11,14-17,21-22H,8,12-13H2,1H3/t17-,21-,22+/m0/s1. The van der Waals surface area contributed by atoms with Crippen LogP contribution in [0.5, 0.6) is 0 Å². The molecule has 1 aliphatic rings. The van der Waals surface area contributed by atoms with E-state index in [1.54, 1.807) is 0 Å². The van der Waals surface area contributed by atoms with E-state index in [1.807, 2.05) is 36.8 Å². The topological polar surface area (TPSA) is 41.9 Å². The fraction of sp³-hybridized carbons (Fsp3) is 0.318. The number of hydrogen-bond acceptors (Lipinski definition) is 4. The van der Waals surface area contributed by atoms with Gasteiger partial charge in [-0.1, -0.05) is 18.2 Å². The molecule has 0 unspecified atom stereocenters. The molecule has 1 fully saturated rings. The zero-order chi connectivity index (χ0) is 17.8. The Bertz CT molecular complexity index is 760. The summed E-state index contributed by atoms with van der Waals surface area (Å²) in [5, 5.41) is 0. The SMILES string of the molecule is C[C@@H](c1ccccn1)N1[C@@H](c2ccccn2)CCC[C@H]1c1ccccn1. The summed E-state index contributed by atoms with van der Waals surface area (Å²) < 4.78 is 0. The second-order valence-electron chi connectivity index (χ2n) is 6.85. The summed E-state index contributed by atoms with van der Waals surface area (Å²) in [6, 6.07) is 19.3. The van der Waals surface area contributed by atoms with Crippen molar-refractivity contribution in [3.05, 3.63) is 90.3 Å². The van der Waals surface area contributed by atoms with Crippen molar-refractivity contribution in [2.24, 2.45) is 0 Å². The van der Waals surface area contributed by atoms with Crippen LogP contribution in [0.1, 0.15) is 61.4 Å². The zero-order valence-corrected chi connectivity index (χ0v) is 15.1. The van der Waals surface area contributed by atoms with Crippen molar-refractivity contribution in [2.45, 2.75) is 44.3 Å². The minimum absolute atomic E-state index is 0.190. The summed E-state index contributed by atoms with van der Waals surface area (Å²) in [5.74, 6) is 0. The van der Waals surface area contributed by atoms with Gasteiger partial charge in [0.2, 0.25) is 0 Å². The Morgan fingerprint density at radius 1 is 0.769 bits per heavy atom. The summed E-state index contributed by atoms with van der Waals surface area (Å²) in [6.07, 6.45) is 9.05. The molecule has 1 saturated heterocycles. The fourth-order valence-electron chi connectivity index (χ4n) is 4.08. The summed E-state index contributed by atoms with van der Waals surface area (Å²) in [6.45, 7) is 2.25. The molecule has 3 aromatic rings.